The normalized spacial score (nSPS) is 18.5. The van der Waals surface area contributed by atoms with Crippen LogP contribution >= 0.6 is 0 Å². The Labute approximate surface area is 123 Å². The van der Waals surface area contributed by atoms with E-state index in [1.807, 2.05) is 12.1 Å². The summed E-state index contributed by atoms with van der Waals surface area (Å²) in [6.07, 6.45) is 5.71. The van der Waals surface area contributed by atoms with Crippen LogP contribution in [0.2, 0.25) is 0 Å². The summed E-state index contributed by atoms with van der Waals surface area (Å²) in [5.74, 6) is 1.69. The van der Waals surface area contributed by atoms with Crippen molar-refractivity contribution in [2.75, 3.05) is 23.7 Å². The number of hydrogen-bond acceptors (Lipinski definition) is 5. The van der Waals surface area contributed by atoms with Gasteiger partial charge in [0.25, 0.3) is 0 Å². The van der Waals surface area contributed by atoms with E-state index < -0.39 is 0 Å². The number of hydrogen-bond donors (Lipinski definition) is 1. The third kappa shape index (κ3) is 2.42. The van der Waals surface area contributed by atoms with Crippen molar-refractivity contribution in [3.8, 4) is 11.8 Å². The molecule has 3 rings (SSSR count). The largest absolute Gasteiger partial charge is 0.382 e. The van der Waals surface area contributed by atoms with Gasteiger partial charge in [0, 0.05) is 25.5 Å². The lowest BCUT2D eigenvalue weighted by molar-refractivity contribution is 0.444. The molecule has 0 amide bonds. The van der Waals surface area contributed by atoms with Gasteiger partial charge in [0.15, 0.2) is 5.82 Å². The molecule has 21 heavy (non-hydrogen) atoms. The summed E-state index contributed by atoms with van der Waals surface area (Å²) in [6, 6.07) is 5.85. The molecule has 1 saturated heterocycles. The SMILES string of the molecule is CC1CCCN(c2nn(-c3ccncc3)c(N)c2C#N)C1. The maximum absolute atomic E-state index is 9.43. The first-order chi connectivity index (χ1) is 10.2. The number of aromatic nitrogens is 3. The smallest absolute Gasteiger partial charge is 0.171 e. The zero-order valence-corrected chi connectivity index (χ0v) is 12.0. The van der Waals surface area contributed by atoms with Gasteiger partial charge in [-0.15, -0.1) is 5.10 Å². The fourth-order valence-electron chi connectivity index (χ4n) is 2.81. The summed E-state index contributed by atoms with van der Waals surface area (Å²) in [5.41, 5.74) is 7.39. The molecule has 0 bridgehead atoms. The highest BCUT2D eigenvalue weighted by molar-refractivity contribution is 5.67. The van der Waals surface area contributed by atoms with E-state index >= 15 is 0 Å². The van der Waals surface area contributed by atoms with E-state index in [1.165, 1.54) is 6.42 Å². The molecule has 2 aromatic heterocycles. The topological polar surface area (TPSA) is 83.8 Å². The Balaban J connectivity index is 2.04. The number of nitrogens with zero attached hydrogens (tertiary/aromatic N) is 5. The molecule has 1 aliphatic heterocycles. The minimum absolute atomic E-state index is 0.386. The van der Waals surface area contributed by atoms with Gasteiger partial charge < -0.3 is 10.6 Å². The van der Waals surface area contributed by atoms with Gasteiger partial charge in [0.1, 0.15) is 17.5 Å². The highest BCUT2D eigenvalue weighted by atomic mass is 15.4. The molecule has 2 aromatic rings. The molecule has 3 heterocycles. The van der Waals surface area contributed by atoms with Crippen LogP contribution in [-0.2, 0) is 0 Å². The van der Waals surface area contributed by atoms with Gasteiger partial charge in [0.2, 0.25) is 0 Å². The Bertz CT molecular complexity index is 669. The highest BCUT2D eigenvalue weighted by Crippen LogP contribution is 2.29. The molecule has 0 aliphatic carbocycles. The second-order valence-corrected chi connectivity index (χ2v) is 5.51. The lowest BCUT2D eigenvalue weighted by Crippen LogP contribution is -2.35. The van der Waals surface area contributed by atoms with Crippen LogP contribution in [0.4, 0.5) is 11.6 Å². The van der Waals surface area contributed by atoms with Crippen LogP contribution in [0.5, 0.6) is 0 Å². The first-order valence-corrected chi connectivity index (χ1v) is 7.14. The number of anilines is 2. The molecule has 1 fully saturated rings. The number of piperidine rings is 1. The average molecular weight is 282 g/mol. The van der Waals surface area contributed by atoms with Crippen LogP contribution in [0, 0.1) is 17.2 Å². The van der Waals surface area contributed by atoms with Crippen molar-refractivity contribution >= 4 is 11.6 Å². The number of nitriles is 1. The molecule has 0 radical (unpaired) electrons. The van der Waals surface area contributed by atoms with Crippen LogP contribution in [0.1, 0.15) is 25.3 Å². The molecule has 0 saturated carbocycles. The van der Waals surface area contributed by atoms with E-state index in [1.54, 1.807) is 17.1 Å². The number of rotatable bonds is 2. The predicted octanol–water partition coefficient (Wildman–Crippen LogP) is 1.96. The lowest BCUT2D eigenvalue weighted by atomic mass is 10.0. The van der Waals surface area contributed by atoms with Crippen molar-refractivity contribution in [3.05, 3.63) is 30.1 Å². The van der Waals surface area contributed by atoms with Crippen molar-refractivity contribution in [1.82, 2.24) is 14.8 Å². The fraction of sp³-hybridized carbons (Fsp3) is 0.400. The molecule has 1 unspecified atom stereocenters. The van der Waals surface area contributed by atoms with Crippen LogP contribution in [0.3, 0.4) is 0 Å². The minimum atomic E-state index is 0.386. The monoisotopic (exact) mass is 282 g/mol. The van der Waals surface area contributed by atoms with Gasteiger partial charge in [0.05, 0.1) is 5.69 Å². The number of pyridine rings is 1. The predicted molar refractivity (Wildman–Crippen MR) is 81.1 cm³/mol. The van der Waals surface area contributed by atoms with Crippen LogP contribution in [0.15, 0.2) is 24.5 Å². The van der Waals surface area contributed by atoms with E-state index in [9.17, 15) is 5.26 Å². The Kier molecular flexibility index (Phi) is 3.48. The minimum Gasteiger partial charge on any atom is -0.382 e. The molecule has 1 aliphatic rings. The second-order valence-electron chi connectivity index (χ2n) is 5.51. The van der Waals surface area contributed by atoms with E-state index in [0.29, 0.717) is 23.1 Å². The third-order valence-electron chi connectivity index (χ3n) is 3.88. The fourth-order valence-corrected chi connectivity index (χ4v) is 2.81. The van der Waals surface area contributed by atoms with Crippen LogP contribution < -0.4 is 10.6 Å². The maximum Gasteiger partial charge on any atom is 0.171 e. The Morgan fingerprint density at radius 1 is 1.38 bits per heavy atom. The Hall–Kier alpha value is -2.55. The van der Waals surface area contributed by atoms with Crippen LogP contribution in [-0.4, -0.2) is 27.9 Å². The molecular formula is C15H18N6. The molecule has 6 heteroatoms. The quantitative estimate of drug-likeness (QED) is 0.910. The number of nitrogens with two attached hydrogens (primary N) is 1. The van der Waals surface area contributed by atoms with Gasteiger partial charge >= 0.3 is 0 Å². The van der Waals surface area contributed by atoms with Gasteiger partial charge in [-0.05, 0) is 30.9 Å². The first-order valence-electron chi connectivity index (χ1n) is 7.14. The highest BCUT2D eigenvalue weighted by Gasteiger charge is 2.25. The standard InChI is InChI=1S/C15H18N6/c1-11-3-2-8-20(10-11)15-13(9-16)14(17)21(19-15)12-4-6-18-7-5-12/h4-7,11H,2-3,8,10,17H2,1H3. The zero-order valence-electron chi connectivity index (χ0n) is 12.0. The summed E-state index contributed by atoms with van der Waals surface area (Å²) < 4.78 is 1.62. The first kappa shape index (κ1) is 13.4. The average Bonchev–Trinajstić information content (AvgIpc) is 2.85. The summed E-state index contributed by atoms with van der Waals surface area (Å²) >= 11 is 0. The molecule has 108 valence electrons. The summed E-state index contributed by atoms with van der Waals surface area (Å²) in [7, 11) is 0. The Morgan fingerprint density at radius 3 is 2.81 bits per heavy atom. The zero-order chi connectivity index (χ0) is 14.8. The second kappa shape index (κ2) is 5.44. The Morgan fingerprint density at radius 2 is 2.14 bits per heavy atom. The van der Waals surface area contributed by atoms with Gasteiger partial charge in [-0.25, -0.2) is 4.68 Å². The van der Waals surface area contributed by atoms with E-state index in [0.717, 1.165) is 25.2 Å². The van der Waals surface area contributed by atoms with Gasteiger partial charge in [-0.1, -0.05) is 6.92 Å². The maximum atomic E-state index is 9.43. The van der Waals surface area contributed by atoms with Crippen molar-refractivity contribution in [2.24, 2.45) is 5.92 Å². The van der Waals surface area contributed by atoms with Gasteiger partial charge in [-0.3, -0.25) is 4.98 Å². The van der Waals surface area contributed by atoms with E-state index in [2.05, 4.69) is 28.0 Å². The van der Waals surface area contributed by atoms with Gasteiger partial charge in [-0.2, -0.15) is 5.26 Å². The third-order valence-corrected chi connectivity index (χ3v) is 3.88. The van der Waals surface area contributed by atoms with Crippen molar-refractivity contribution in [2.45, 2.75) is 19.8 Å². The van der Waals surface area contributed by atoms with E-state index in [-0.39, 0.29) is 0 Å². The van der Waals surface area contributed by atoms with E-state index in [4.69, 9.17) is 5.73 Å². The van der Waals surface area contributed by atoms with Crippen molar-refractivity contribution in [3.63, 3.8) is 0 Å². The molecule has 6 nitrogen and oxygen atoms in total. The van der Waals surface area contributed by atoms with Crippen molar-refractivity contribution < 1.29 is 0 Å². The summed E-state index contributed by atoms with van der Waals surface area (Å²) in [5, 5.41) is 14.0. The molecule has 1 atom stereocenters. The van der Waals surface area contributed by atoms with Crippen molar-refractivity contribution in [1.29, 1.82) is 5.26 Å². The molecule has 0 spiro atoms. The molecular weight excluding hydrogens is 264 g/mol. The lowest BCUT2D eigenvalue weighted by Gasteiger charge is -2.31. The number of nitrogen functional groups attached to an aromatic ring is 1. The molecule has 0 aromatic carbocycles. The summed E-state index contributed by atoms with van der Waals surface area (Å²) in [6.45, 7) is 4.06. The molecule has 2 N–H and O–H groups in total. The van der Waals surface area contributed by atoms with Crippen LogP contribution in [0.25, 0.3) is 5.69 Å². The summed E-state index contributed by atoms with van der Waals surface area (Å²) in [4.78, 5) is 6.16.